The molecule has 0 amide bonds. The zero-order chi connectivity index (χ0) is 14.5. The van der Waals surface area contributed by atoms with E-state index in [9.17, 15) is 9.59 Å². The van der Waals surface area contributed by atoms with Gasteiger partial charge >= 0.3 is 5.97 Å². The summed E-state index contributed by atoms with van der Waals surface area (Å²) in [7, 11) is 1.62. The van der Waals surface area contributed by atoms with Crippen LogP contribution >= 0.6 is 0 Å². The highest BCUT2D eigenvalue weighted by Gasteiger charge is 2.49. The van der Waals surface area contributed by atoms with E-state index >= 15 is 0 Å². The number of rotatable bonds is 6. The smallest absolute Gasteiger partial charge is 0.322 e. The predicted octanol–water partition coefficient (Wildman–Crippen LogP) is 1.73. The van der Waals surface area contributed by atoms with Gasteiger partial charge in [-0.2, -0.15) is 0 Å². The molecule has 1 aliphatic rings. The average molecular weight is 272 g/mol. The molecule has 1 atom stereocenters. The van der Waals surface area contributed by atoms with Gasteiger partial charge in [-0.3, -0.25) is 9.59 Å². The molecule has 1 aliphatic heterocycles. The summed E-state index contributed by atoms with van der Waals surface area (Å²) in [6.07, 6.45) is 1.26. The van der Waals surface area contributed by atoms with Crippen LogP contribution in [0.2, 0.25) is 0 Å². The van der Waals surface area contributed by atoms with E-state index < -0.39 is 11.4 Å². The zero-order valence-electron chi connectivity index (χ0n) is 12.3. The maximum absolute atomic E-state index is 12.2. The summed E-state index contributed by atoms with van der Waals surface area (Å²) in [5.41, 5.74) is -1.53. The second-order valence-electron chi connectivity index (χ2n) is 5.49. The number of hydrogen-bond donors (Lipinski definition) is 0. The second-order valence-corrected chi connectivity index (χ2v) is 5.49. The summed E-state index contributed by atoms with van der Waals surface area (Å²) < 4.78 is 15.8. The van der Waals surface area contributed by atoms with Crippen molar-refractivity contribution in [3.05, 3.63) is 0 Å². The van der Waals surface area contributed by atoms with Gasteiger partial charge in [-0.25, -0.2) is 0 Å². The maximum atomic E-state index is 12.2. The number of hydrogen-bond acceptors (Lipinski definition) is 5. The van der Waals surface area contributed by atoms with Gasteiger partial charge in [-0.05, 0) is 33.6 Å². The van der Waals surface area contributed by atoms with Gasteiger partial charge in [0.2, 0.25) is 0 Å². The third-order valence-corrected chi connectivity index (χ3v) is 3.73. The molecule has 0 aromatic rings. The summed E-state index contributed by atoms with van der Waals surface area (Å²) in [5, 5.41) is 0. The molecule has 5 heteroatoms. The first kappa shape index (κ1) is 16.1. The van der Waals surface area contributed by atoms with Crippen molar-refractivity contribution in [3.63, 3.8) is 0 Å². The molecule has 0 bridgehead atoms. The molecule has 0 spiro atoms. The molecular formula is C14H24O5. The molecule has 0 radical (unpaired) electrons. The fourth-order valence-corrected chi connectivity index (χ4v) is 2.10. The van der Waals surface area contributed by atoms with Crippen LogP contribution in [0.4, 0.5) is 0 Å². The molecule has 110 valence electrons. The highest BCUT2D eigenvalue weighted by atomic mass is 16.5. The van der Waals surface area contributed by atoms with E-state index in [-0.39, 0.29) is 31.0 Å². The zero-order valence-corrected chi connectivity index (χ0v) is 12.3. The molecule has 0 aromatic carbocycles. The lowest BCUT2D eigenvalue weighted by molar-refractivity contribution is -0.170. The van der Waals surface area contributed by atoms with Gasteiger partial charge in [0.1, 0.15) is 5.41 Å². The minimum absolute atomic E-state index is 0.0795. The van der Waals surface area contributed by atoms with Crippen molar-refractivity contribution in [3.8, 4) is 0 Å². The lowest BCUT2D eigenvalue weighted by Gasteiger charge is -2.35. The van der Waals surface area contributed by atoms with E-state index in [1.807, 2.05) is 13.8 Å². The Hall–Kier alpha value is -0.940. The third-order valence-electron chi connectivity index (χ3n) is 3.73. The van der Waals surface area contributed by atoms with Crippen LogP contribution in [-0.4, -0.2) is 44.3 Å². The normalized spacial score (nSPS) is 24.3. The Morgan fingerprint density at radius 2 is 2.16 bits per heavy atom. The van der Waals surface area contributed by atoms with Gasteiger partial charge in [0.15, 0.2) is 5.78 Å². The average Bonchev–Trinajstić information content (AvgIpc) is 2.38. The topological polar surface area (TPSA) is 61.8 Å². The largest absolute Gasteiger partial charge is 0.465 e. The summed E-state index contributed by atoms with van der Waals surface area (Å²) >= 11 is 0. The molecule has 0 aromatic heterocycles. The Balaban J connectivity index is 2.86. The van der Waals surface area contributed by atoms with E-state index in [2.05, 4.69) is 0 Å². The molecule has 0 aliphatic carbocycles. The summed E-state index contributed by atoms with van der Waals surface area (Å²) in [6.45, 7) is 6.36. The SMILES string of the molecule is CCOC(=O)C1(CCC(C)(C)OC)COCCC1=O. The Kier molecular flexibility index (Phi) is 5.50. The third kappa shape index (κ3) is 3.76. The molecule has 5 nitrogen and oxygen atoms in total. The highest BCUT2D eigenvalue weighted by molar-refractivity contribution is 6.04. The first-order valence-electron chi connectivity index (χ1n) is 6.71. The maximum Gasteiger partial charge on any atom is 0.322 e. The van der Waals surface area contributed by atoms with E-state index in [1.165, 1.54) is 0 Å². The van der Waals surface area contributed by atoms with Crippen LogP contribution in [0.25, 0.3) is 0 Å². The summed E-state index contributed by atoms with van der Waals surface area (Å²) in [6, 6.07) is 0. The molecule has 1 saturated heterocycles. The van der Waals surface area contributed by atoms with Crippen LogP contribution in [-0.2, 0) is 23.8 Å². The number of carbonyl (C=O) groups excluding carboxylic acids is 2. The number of ether oxygens (including phenoxy) is 3. The Bertz CT molecular complexity index is 337. The van der Waals surface area contributed by atoms with Crippen molar-refractivity contribution < 1.29 is 23.8 Å². The van der Waals surface area contributed by atoms with Crippen LogP contribution in [0.15, 0.2) is 0 Å². The second kappa shape index (κ2) is 6.48. The quantitative estimate of drug-likeness (QED) is 0.544. The van der Waals surface area contributed by atoms with Crippen LogP contribution in [0, 0.1) is 5.41 Å². The molecule has 19 heavy (non-hydrogen) atoms. The van der Waals surface area contributed by atoms with Crippen LogP contribution in [0.1, 0.15) is 40.0 Å². The van der Waals surface area contributed by atoms with Crippen LogP contribution < -0.4 is 0 Å². The van der Waals surface area contributed by atoms with E-state index in [1.54, 1.807) is 14.0 Å². The predicted molar refractivity (Wildman–Crippen MR) is 69.8 cm³/mol. The molecule has 0 saturated carbocycles. The fraction of sp³-hybridized carbons (Fsp3) is 0.857. The number of ketones is 1. The molecule has 1 unspecified atom stereocenters. The minimum atomic E-state index is -1.15. The number of methoxy groups -OCH3 is 1. The number of Topliss-reactive ketones (excluding diaryl/α,β-unsaturated/α-hetero) is 1. The van der Waals surface area contributed by atoms with Gasteiger partial charge in [0.25, 0.3) is 0 Å². The first-order chi connectivity index (χ1) is 8.88. The van der Waals surface area contributed by atoms with E-state index in [0.29, 0.717) is 19.4 Å². The van der Waals surface area contributed by atoms with Crippen molar-refractivity contribution in [2.45, 2.75) is 45.6 Å². The first-order valence-corrected chi connectivity index (χ1v) is 6.71. The van der Waals surface area contributed by atoms with Crippen molar-refractivity contribution in [1.29, 1.82) is 0 Å². The van der Waals surface area contributed by atoms with Gasteiger partial charge in [0, 0.05) is 13.5 Å². The highest BCUT2D eigenvalue weighted by Crippen LogP contribution is 2.35. The molecule has 1 heterocycles. The van der Waals surface area contributed by atoms with E-state index in [4.69, 9.17) is 14.2 Å². The van der Waals surface area contributed by atoms with Crippen molar-refractivity contribution in [2.24, 2.45) is 5.41 Å². The van der Waals surface area contributed by atoms with E-state index in [0.717, 1.165) is 0 Å². The molecular weight excluding hydrogens is 248 g/mol. The lowest BCUT2D eigenvalue weighted by atomic mass is 9.75. The van der Waals surface area contributed by atoms with Crippen molar-refractivity contribution >= 4 is 11.8 Å². The van der Waals surface area contributed by atoms with Crippen molar-refractivity contribution in [2.75, 3.05) is 26.9 Å². The summed E-state index contributed by atoms with van der Waals surface area (Å²) in [5.74, 6) is -0.546. The molecule has 0 N–H and O–H groups in total. The van der Waals surface area contributed by atoms with Gasteiger partial charge in [-0.15, -0.1) is 0 Å². The number of carbonyl (C=O) groups is 2. The Morgan fingerprint density at radius 3 is 2.68 bits per heavy atom. The fourth-order valence-electron chi connectivity index (χ4n) is 2.10. The van der Waals surface area contributed by atoms with Gasteiger partial charge < -0.3 is 14.2 Å². The molecule has 1 rings (SSSR count). The summed E-state index contributed by atoms with van der Waals surface area (Å²) in [4.78, 5) is 24.4. The standard InChI is InChI=1S/C14H24O5/c1-5-19-12(16)14(8-7-13(2,3)17-4)10-18-9-6-11(14)15/h5-10H2,1-4H3. The van der Waals surface area contributed by atoms with Crippen molar-refractivity contribution in [1.82, 2.24) is 0 Å². The Morgan fingerprint density at radius 1 is 1.47 bits per heavy atom. The number of esters is 1. The van der Waals surface area contributed by atoms with Gasteiger partial charge in [-0.1, -0.05) is 0 Å². The monoisotopic (exact) mass is 272 g/mol. The van der Waals surface area contributed by atoms with Crippen LogP contribution in [0.5, 0.6) is 0 Å². The van der Waals surface area contributed by atoms with Gasteiger partial charge in [0.05, 0.1) is 25.4 Å². The Labute approximate surface area is 114 Å². The minimum Gasteiger partial charge on any atom is -0.465 e. The van der Waals surface area contributed by atoms with Crippen LogP contribution in [0.3, 0.4) is 0 Å². The molecule has 1 fully saturated rings. The lowest BCUT2D eigenvalue weighted by Crippen LogP contribution is -2.49.